The normalized spacial score (nSPS) is 11.9. The maximum Gasteiger partial charge on any atom is 0.0952 e. The second-order valence-corrected chi connectivity index (χ2v) is 7.63. The average molecular weight is 339 g/mol. The SMILES string of the molecule is CCCCCCCCCCCCCCCCCCN=C(C)N(C)C. The molecule has 0 aromatic carbocycles. The van der Waals surface area contributed by atoms with Gasteiger partial charge in [-0.15, -0.1) is 0 Å². The molecule has 0 saturated carbocycles. The quantitative estimate of drug-likeness (QED) is 0.155. The van der Waals surface area contributed by atoms with Crippen LogP contribution >= 0.6 is 0 Å². The average Bonchev–Trinajstić information content (AvgIpc) is 2.57. The van der Waals surface area contributed by atoms with Crippen LogP contribution in [-0.4, -0.2) is 31.4 Å². The molecule has 0 amide bonds. The third kappa shape index (κ3) is 17.8. The summed E-state index contributed by atoms with van der Waals surface area (Å²) < 4.78 is 0. The van der Waals surface area contributed by atoms with Gasteiger partial charge >= 0.3 is 0 Å². The van der Waals surface area contributed by atoms with Crippen LogP contribution in [0.15, 0.2) is 4.99 Å². The molecule has 0 spiro atoms. The molecule has 0 rings (SSSR count). The van der Waals surface area contributed by atoms with E-state index < -0.39 is 0 Å². The molecule has 0 aromatic rings. The molecule has 0 bridgehead atoms. The van der Waals surface area contributed by atoms with Crippen LogP contribution in [0.25, 0.3) is 0 Å². The van der Waals surface area contributed by atoms with Crippen molar-refractivity contribution in [2.24, 2.45) is 4.99 Å². The summed E-state index contributed by atoms with van der Waals surface area (Å²) in [5.41, 5.74) is 0. The minimum Gasteiger partial charge on any atom is -0.367 e. The smallest absolute Gasteiger partial charge is 0.0952 e. The third-order valence-corrected chi connectivity index (χ3v) is 5.00. The molecular formula is C22H46N2. The van der Waals surface area contributed by atoms with Crippen LogP contribution in [0.4, 0.5) is 0 Å². The summed E-state index contributed by atoms with van der Waals surface area (Å²) in [7, 11) is 4.12. The Bertz CT molecular complexity index is 271. The Kier molecular flexibility index (Phi) is 18.4. The highest BCUT2D eigenvalue weighted by atomic mass is 15.1. The van der Waals surface area contributed by atoms with Crippen LogP contribution < -0.4 is 0 Å². The zero-order chi connectivity index (χ0) is 17.9. The fraction of sp³-hybridized carbons (Fsp3) is 0.955. The molecule has 2 nitrogen and oxygen atoms in total. The molecule has 24 heavy (non-hydrogen) atoms. The molecule has 0 unspecified atom stereocenters. The monoisotopic (exact) mass is 338 g/mol. The van der Waals surface area contributed by atoms with Gasteiger partial charge in [0.05, 0.1) is 5.84 Å². The van der Waals surface area contributed by atoms with Crippen molar-refractivity contribution in [1.29, 1.82) is 0 Å². The largest absolute Gasteiger partial charge is 0.367 e. The lowest BCUT2D eigenvalue weighted by Gasteiger charge is -2.10. The molecule has 0 aromatic heterocycles. The van der Waals surface area contributed by atoms with Crippen molar-refractivity contribution in [2.75, 3.05) is 20.6 Å². The number of unbranched alkanes of at least 4 members (excludes halogenated alkanes) is 15. The van der Waals surface area contributed by atoms with E-state index in [-0.39, 0.29) is 0 Å². The minimum atomic E-state index is 1.00. The summed E-state index contributed by atoms with van der Waals surface area (Å²) in [6.45, 7) is 5.39. The fourth-order valence-electron chi connectivity index (χ4n) is 3.04. The standard InChI is InChI=1S/C22H46N2/c1-5-6-7-8-9-10-11-12-13-14-15-16-17-18-19-20-21-23-22(2)24(3)4/h5-21H2,1-4H3. The highest BCUT2D eigenvalue weighted by molar-refractivity contribution is 5.79. The van der Waals surface area contributed by atoms with E-state index in [0.717, 1.165) is 12.4 Å². The Morgan fingerprint density at radius 2 is 0.917 bits per heavy atom. The van der Waals surface area contributed by atoms with Gasteiger partial charge in [-0.1, -0.05) is 103 Å². The second kappa shape index (κ2) is 18.8. The maximum atomic E-state index is 4.57. The lowest BCUT2D eigenvalue weighted by atomic mass is 10.0. The number of hydrogen-bond donors (Lipinski definition) is 0. The molecule has 0 aliphatic rings. The number of aliphatic imine (C=N–C) groups is 1. The van der Waals surface area contributed by atoms with Crippen molar-refractivity contribution in [1.82, 2.24) is 4.90 Å². The van der Waals surface area contributed by atoms with Gasteiger partial charge in [-0.2, -0.15) is 0 Å². The van der Waals surface area contributed by atoms with E-state index in [1.807, 2.05) is 0 Å². The van der Waals surface area contributed by atoms with Gasteiger partial charge in [0.15, 0.2) is 0 Å². The Hall–Kier alpha value is -0.530. The highest BCUT2D eigenvalue weighted by Crippen LogP contribution is 2.13. The van der Waals surface area contributed by atoms with Gasteiger partial charge in [-0.3, -0.25) is 4.99 Å². The van der Waals surface area contributed by atoms with Crippen LogP contribution in [0.1, 0.15) is 117 Å². The van der Waals surface area contributed by atoms with Crippen LogP contribution in [0.2, 0.25) is 0 Å². The highest BCUT2D eigenvalue weighted by Gasteiger charge is 1.95. The summed E-state index contributed by atoms with van der Waals surface area (Å²) in [6, 6.07) is 0. The van der Waals surface area contributed by atoms with Gasteiger partial charge in [-0.25, -0.2) is 0 Å². The predicted octanol–water partition coefficient (Wildman–Crippen LogP) is 7.23. The van der Waals surface area contributed by atoms with Crippen LogP contribution in [-0.2, 0) is 0 Å². The van der Waals surface area contributed by atoms with Crippen LogP contribution in [0, 0.1) is 0 Å². The van der Waals surface area contributed by atoms with Gasteiger partial charge in [0.25, 0.3) is 0 Å². The molecular weight excluding hydrogens is 292 g/mol. The van der Waals surface area contributed by atoms with Crippen molar-refractivity contribution in [2.45, 2.75) is 117 Å². The molecule has 0 N–H and O–H groups in total. The van der Waals surface area contributed by atoms with E-state index >= 15 is 0 Å². The van der Waals surface area contributed by atoms with E-state index in [1.54, 1.807) is 0 Å². The van der Waals surface area contributed by atoms with E-state index in [0.29, 0.717) is 0 Å². The maximum absolute atomic E-state index is 4.57. The third-order valence-electron chi connectivity index (χ3n) is 5.00. The first-order valence-corrected chi connectivity index (χ1v) is 10.9. The Balaban J connectivity index is 3.09. The lowest BCUT2D eigenvalue weighted by molar-refractivity contribution is 0.530. The molecule has 144 valence electrons. The molecule has 0 aliphatic heterocycles. The van der Waals surface area contributed by atoms with Crippen LogP contribution in [0.3, 0.4) is 0 Å². The molecule has 2 heteroatoms. The van der Waals surface area contributed by atoms with E-state index in [4.69, 9.17) is 0 Å². The number of rotatable bonds is 17. The first kappa shape index (κ1) is 23.5. The Labute approximate surface area is 153 Å². The molecule has 0 saturated heterocycles. The van der Waals surface area contributed by atoms with Gasteiger partial charge in [0.2, 0.25) is 0 Å². The van der Waals surface area contributed by atoms with Crippen molar-refractivity contribution in [3.05, 3.63) is 0 Å². The zero-order valence-corrected chi connectivity index (χ0v) is 17.4. The Morgan fingerprint density at radius 3 is 1.25 bits per heavy atom. The number of hydrogen-bond acceptors (Lipinski definition) is 1. The van der Waals surface area contributed by atoms with Gasteiger partial charge in [-0.05, 0) is 13.3 Å². The Morgan fingerprint density at radius 1 is 0.583 bits per heavy atom. The second-order valence-electron chi connectivity index (χ2n) is 7.63. The van der Waals surface area contributed by atoms with Crippen LogP contribution in [0.5, 0.6) is 0 Å². The first-order chi connectivity index (χ1) is 11.7. The zero-order valence-electron chi connectivity index (χ0n) is 17.4. The van der Waals surface area contributed by atoms with Crippen molar-refractivity contribution in [3.63, 3.8) is 0 Å². The number of nitrogens with zero attached hydrogens (tertiary/aromatic N) is 2. The van der Waals surface area contributed by atoms with E-state index in [9.17, 15) is 0 Å². The predicted molar refractivity (Wildman–Crippen MR) is 111 cm³/mol. The molecule has 0 atom stereocenters. The number of amidine groups is 1. The van der Waals surface area contributed by atoms with Gasteiger partial charge < -0.3 is 4.90 Å². The first-order valence-electron chi connectivity index (χ1n) is 10.9. The summed E-state index contributed by atoms with van der Waals surface area (Å²) in [5.74, 6) is 1.15. The molecule has 0 radical (unpaired) electrons. The lowest BCUT2D eigenvalue weighted by Crippen LogP contribution is -2.18. The topological polar surface area (TPSA) is 15.6 Å². The molecule has 0 fully saturated rings. The fourth-order valence-corrected chi connectivity index (χ4v) is 3.04. The van der Waals surface area contributed by atoms with Crippen molar-refractivity contribution >= 4 is 5.84 Å². The van der Waals surface area contributed by atoms with Gasteiger partial charge in [0, 0.05) is 20.6 Å². The summed E-state index contributed by atoms with van der Waals surface area (Å²) >= 11 is 0. The minimum absolute atomic E-state index is 1.00. The molecule has 0 heterocycles. The summed E-state index contributed by atoms with van der Waals surface area (Å²) in [4.78, 5) is 6.66. The summed E-state index contributed by atoms with van der Waals surface area (Å²) in [6.07, 6.45) is 22.8. The van der Waals surface area contributed by atoms with E-state index in [2.05, 4.69) is 37.8 Å². The van der Waals surface area contributed by atoms with Gasteiger partial charge in [0.1, 0.15) is 0 Å². The van der Waals surface area contributed by atoms with Crippen molar-refractivity contribution in [3.8, 4) is 0 Å². The summed E-state index contributed by atoms with van der Waals surface area (Å²) in [5, 5.41) is 0. The van der Waals surface area contributed by atoms with Crippen molar-refractivity contribution < 1.29 is 0 Å². The molecule has 0 aliphatic carbocycles. The van der Waals surface area contributed by atoms with E-state index in [1.165, 1.54) is 103 Å².